The average molecular weight is 379 g/mol. The first-order valence-corrected chi connectivity index (χ1v) is 8.68. The minimum absolute atomic E-state index is 0.257. The van der Waals surface area contributed by atoms with E-state index in [2.05, 4.69) is 27.5 Å². The molecule has 0 unspecified atom stereocenters. The van der Waals surface area contributed by atoms with Crippen molar-refractivity contribution in [3.63, 3.8) is 0 Å². The largest absolute Gasteiger partial charge is 0.495 e. The normalized spacial score (nSPS) is 10.3. The molecular weight excluding hydrogens is 356 g/mol. The highest BCUT2D eigenvalue weighted by Crippen LogP contribution is 2.36. The molecule has 2 rings (SSSR count). The van der Waals surface area contributed by atoms with Crippen LogP contribution in [0.3, 0.4) is 0 Å². The Morgan fingerprint density at radius 3 is 2.54 bits per heavy atom. The molecule has 0 fully saturated rings. The maximum Gasteiger partial charge on any atom is 0.274 e. The summed E-state index contributed by atoms with van der Waals surface area (Å²) in [5, 5.41) is 6.30. The average Bonchev–Trinajstić information content (AvgIpc) is 2.62. The minimum Gasteiger partial charge on any atom is -0.495 e. The van der Waals surface area contributed by atoms with E-state index in [9.17, 15) is 4.79 Å². The first-order chi connectivity index (χ1) is 12.5. The van der Waals surface area contributed by atoms with E-state index in [0.29, 0.717) is 33.9 Å². The molecule has 26 heavy (non-hydrogen) atoms. The Bertz CT molecular complexity index is 783. The van der Waals surface area contributed by atoms with Gasteiger partial charge in [0, 0.05) is 24.4 Å². The van der Waals surface area contributed by atoms with Gasteiger partial charge in [-0.2, -0.15) is 0 Å². The molecule has 1 aromatic heterocycles. The van der Waals surface area contributed by atoms with Gasteiger partial charge in [-0.1, -0.05) is 24.9 Å². The predicted octanol–water partition coefficient (Wildman–Crippen LogP) is 3.92. The molecule has 140 valence electrons. The van der Waals surface area contributed by atoms with Crippen molar-refractivity contribution < 1.29 is 14.3 Å². The molecule has 0 bridgehead atoms. The number of carbonyl (C=O) groups is 1. The van der Waals surface area contributed by atoms with Crippen molar-refractivity contribution in [2.45, 2.75) is 26.7 Å². The first-order valence-electron chi connectivity index (χ1n) is 8.30. The number of carbonyl (C=O) groups excluding carboxylic acids is 1. The number of nitrogens with zero attached hydrogens (tertiary/aromatic N) is 2. The lowest BCUT2D eigenvalue weighted by Crippen LogP contribution is -2.17. The Hall–Kier alpha value is -2.54. The van der Waals surface area contributed by atoms with Gasteiger partial charge in [-0.15, -0.1) is 0 Å². The fourth-order valence-electron chi connectivity index (χ4n) is 2.29. The molecule has 0 radical (unpaired) electrons. The van der Waals surface area contributed by atoms with Crippen molar-refractivity contribution in [2.24, 2.45) is 0 Å². The number of rotatable bonds is 8. The molecule has 2 aromatic rings. The molecular formula is C18H23ClN4O3. The molecule has 1 heterocycles. The van der Waals surface area contributed by atoms with E-state index >= 15 is 0 Å². The van der Waals surface area contributed by atoms with E-state index in [1.54, 1.807) is 18.2 Å². The number of aromatic nitrogens is 2. The lowest BCUT2D eigenvalue weighted by Gasteiger charge is -2.13. The van der Waals surface area contributed by atoms with E-state index in [1.165, 1.54) is 14.2 Å². The fourth-order valence-corrected chi connectivity index (χ4v) is 2.52. The number of hydrogen-bond donors (Lipinski definition) is 2. The SMILES string of the molecule is CCCCNc1nc(C)cc(C(=O)Nc2cc(OC)c(Cl)cc2OC)n1. The Kier molecular flexibility index (Phi) is 7.03. The van der Waals surface area contributed by atoms with Crippen LogP contribution in [-0.4, -0.2) is 36.6 Å². The molecule has 0 aliphatic heterocycles. The highest BCUT2D eigenvalue weighted by Gasteiger charge is 2.16. The zero-order chi connectivity index (χ0) is 19.1. The maximum atomic E-state index is 12.6. The smallest absolute Gasteiger partial charge is 0.274 e. The van der Waals surface area contributed by atoms with Crippen molar-refractivity contribution in [1.29, 1.82) is 0 Å². The summed E-state index contributed by atoms with van der Waals surface area (Å²) < 4.78 is 10.5. The quantitative estimate of drug-likeness (QED) is 0.677. The van der Waals surface area contributed by atoms with Crippen LogP contribution in [0.2, 0.25) is 5.02 Å². The summed E-state index contributed by atoms with van der Waals surface area (Å²) in [4.78, 5) is 21.2. The molecule has 1 aromatic carbocycles. The van der Waals surface area contributed by atoms with Crippen molar-refractivity contribution in [1.82, 2.24) is 9.97 Å². The van der Waals surface area contributed by atoms with Crippen molar-refractivity contribution in [3.8, 4) is 11.5 Å². The number of amides is 1. The molecule has 0 saturated carbocycles. The summed E-state index contributed by atoms with van der Waals surface area (Å²) in [6, 6.07) is 4.81. The van der Waals surface area contributed by atoms with E-state index in [1.807, 2.05) is 6.92 Å². The van der Waals surface area contributed by atoms with Crippen molar-refractivity contribution >= 4 is 29.1 Å². The van der Waals surface area contributed by atoms with Gasteiger partial charge >= 0.3 is 0 Å². The molecule has 0 saturated heterocycles. The summed E-state index contributed by atoms with van der Waals surface area (Å²) in [5.74, 6) is 0.917. The third kappa shape index (κ3) is 4.98. The number of unbranched alkanes of at least 4 members (excludes halogenated alkanes) is 1. The van der Waals surface area contributed by atoms with E-state index in [4.69, 9.17) is 21.1 Å². The number of benzene rings is 1. The summed E-state index contributed by atoms with van der Waals surface area (Å²) in [6.07, 6.45) is 2.06. The van der Waals surface area contributed by atoms with Crippen LogP contribution < -0.4 is 20.1 Å². The predicted molar refractivity (Wildman–Crippen MR) is 103 cm³/mol. The van der Waals surface area contributed by atoms with Crippen LogP contribution in [0.4, 0.5) is 11.6 Å². The zero-order valence-corrected chi connectivity index (χ0v) is 16.1. The van der Waals surface area contributed by atoms with Gasteiger partial charge in [0.2, 0.25) is 5.95 Å². The number of ether oxygens (including phenoxy) is 2. The maximum absolute atomic E-state index is 12.6. The Labute approximate surface area is 158 Å². The third-order valence-corrected chi connectivity index (χ3v) is 3.92. The fraction of sp³-hybridized carbons (Fsp3) is 0.389. The number of hydrogen-bond acceptors (Lipinski definition) is 6. The topological polar surface area (TPSA) is 85.4 Å². The van der Waals surface area contributed by atoms with Gasteiger partial charge in [0.05, 0.1) is 24.9 Å². The molecule has 8 heteroatoms. The molecule has 0 spiro atoms. The summed E-state index contributed by atoms with van der Waals surface area (Å²) in [5.41, 5.74) is 1.40. The molecule has 2 N–H and O–H groups in total. The van der Waals surface area contributed by atoms with E-state index in [0.717, 1.165) is 19.4 Å². The van der Waals surface area contributed by atoms with Crippen LogP contribution in [0, 0.1) is 6.92 Å². The van der Waals surface area contributed by atoms with Crippen molar-refractivity contribution in [3.05, 3.63) is 34.6 Å². The van der Waals surface area contributed by atoms with Crippen LogP contribution in [0.5, 0.6) is 11.5 Å². The Balaban J connectivity index is 2.24. The number of anilines is 2. The van der Waals surface area contributed by atoms with E-state index < -0.39 is 0 Å². The standard InChI is InChI=1S/C18H23ClN4O3/c1-5-6-7-20-18-21-11(2)8-14(23-18)17(24)22-13-10-15(25-3)12(19)9-16(13)26-4/h8-10H,5-7H2,1-4H3,(H,22,24)(H,20,21,23). The van der Waals surface area contributed by atoms with Crippen LogP contribution in [0.25, 0.3) is 0 Å². The number of aryl methyl sites for hydroxylation is 1. The monoisotopic (exact) mass is 378 g/mol. The lowest BCUT2D eigenvalue weighted by molar-refractivity contribution is 0.102. The second kappa shape index (κ2) is 9.24. The van der Waals surface area contributed by atoms with Crippen molar-refractivity contribution in [2.75, 3.05) is 31.4 Å². The summed E-state index contributed by atoms with van der Waals surface area (Å²) >= 11 is 6.09. The van der Waals surface area contributed by atoms with Gasteiger partial charge in [0.15, 0.2) is 0 Å². The van der Waals surface area contributed by atoms with Crippen LogP contribution in [0.15, 0.2) is 18.2 Å². The lowest BCUT2D eigenvalue weighted by atomic mass is 10.2. The van der Waals surface area contributed by atoms with Crippen LogP contribution in [0.1, 0.15) is 35.9 Å². The minimum atomic E-state index is -0.378. The molecule has 7 nitrogen and oxygen atoms in total. The number of nitrogens with one attached hydrogen (secondary N) is 2. The van der Waals surface area contributed by atoms with Gasteiger partial charge < -0.3 is 20.1 Å². The third-order valence-electron chi connectivity index (χ3n) is 3.62. The summed E-state index contributed by atoms with van der Waals surface area (Å²) in [7, 11) is 3.00. The van der Waals surface area contributed by atoms with E-state index in [-0.39, 0.29) is 11.6 Å². The number of halogens is 1. The van der Waals surface area contributed by atoms with Gasteiger partial charge in [-0.25, -0.2) is 9.97 Å². The Morgan fingerprint density at radius 1 is 1.15 bits per heavy atom. The van der Waals surface area contributed by atoms with Gasteiger partial charge in [0.25, 0.3) is 5.91 Å². The highest BCUT2D eigenvalue weighted by atomic mass is 35.5. The molecule has 0 aliphatic carbocycles. The molecule has 0 atom stereocenters. The van der Waals surface area contributed by atoms with Gasteiger partial charge in [-0.3, -0.25) is 4.79 Å². The molecule has 0 aliphatic rings. The second-order valence-corrected chi connectivity index (χ2v) is 6.05. The highest BCUT2D eigenvalue weighted by molar-refractivity contribution is 6.32. The second-order valence-electron chi connectivity index (χ2n) is 5.64. The molecule has 1 amide bonds. The summed E-state index contributed by atoms with van der Waals surface area (Å²) in [6.45, 7) is 4.67. The van der Waals surface area contributed by atoms with Gasteiger partial charge in [0.1, 0.15) is 17.2 Å². The Morgan fingerprint density at radius 2 is 1.88 bits per heavy atom. The number of methoxy groups -OCH3 is 2. The van der Waals surface area contributed by atoms with Crippen LogP contribution in [-0.2, 0) is 0 Å². The first kappa shape index (κ1) is 19.8. The van der Waals surface area contributed by atoms with Gasteiger partial charge in [-0.05, 0) is 19.4 Å². The van der Waals surface area contributed by atoms with Crippen LogP contribution >= 0.6 is 11.6 Å². The zero-order valence-electron chi connectivity index (χ0n) is 15.4.